The number of halogens is 2. The van der Waals surface area contributed by atoms with E-state index < -0.39 is 6.43 Å². The fourth-order valence-corrected chi connectivity index (χ4v) is 2.66. The van der Waals surface area contributed by atoms with Crippen LogP contribution in [0.3, 0.4) is 0 Å². The Kier molecular flexibility index (Phi) is 5.35. The Bertz CT molecular complexity index is 775. The molecule has 7 nitrogen and oxygen atoms in total. The number of piperazine rings is 1. The lowest BCUT2D eigenvalue weighted by molar-refractivity contribution is -0.126. The number of carbonyl (C=O) groups excluding carboxylic acids is 1. The first-order valence-corrected chi connectivity index (χ1v) is 8.07. The van der Waals surface area contributed by atoms with Crippen LogP contribution in [0.2, 0.25) is 0 Å². The van der Waals surface area contributed by atoms with Crippen molar-refractivity contribution in [1.29, 1.82) is 0 Å². The van der Waals surface area contributed by atoms with Gasteiger partial charge >= 0.3 is 0 Å². The van der Waals surface area contributed by atoms with Crippen LogP contribution in [-0.4, -0.2) is 51.9 Å². The van der Waals surface area contributed by atoms with Gasteiger partial charge in [0.1, 0.15) is 5.69 Å². The molecular weight excluding hydrogens is 342 g/mol. The van der Waals surface area contributed by atoms with Crippen molar-refractivity contribution >= 4 is 23.2 Å². The molecule has 2 aromatic rings. The zero-order valence-electron chi connectivity index (χ0n) is 14.0. The van der Waals surface area contributed by atoms with Gasteiger partial charge in [0.2, 0.25) is 5.91 Å². The molecule has 1 fully saturated rings. The third-order valence-electron chi connectivity index (χ3n) is 4.02. The zero-order valence-corrected chi connectivity index (χ0v) is 14.0. The highest BCUT2D eigenvalue weighted by molar-refractivity contribution is 5.87. The molecule has 0 radical (unpaired) electrons. The van der Waals surface area contributed by atoms with Gasteiger partial charge in [-0.3, -0.25) is 9.78 Å². The van der Waals surface area contributed by atoms with E-state index >= 15 is 0 Å². The lowest BCUT2D eigenvalue weighted by atomic mass is 10.3. The normalized spacial score (nSPS) is 14.4. The lowest BCUT2D eigenvalue weighted by Gasteiger charge is -2.35. The maximum Gasteiger partial charge on any atom is 0.280 e. The number of aromatic nitrogens is 3. The number of alkyl halides is 2. The van der Waals surface area contributed by atoms with Gasteiger partial charge in [-0.25, -0.2) is 18.7 Å². The number of anilines is 3. The number of hydrogen-bond donors (Lipinski definition) is 1. The van der Waals surface area contributed by atoms with E-state index in [0.29, 0.717) is 43.5 Å². The molecule has 0 bridgehead atoms. The second-order valence-corrected chi connectivity index (χ2v) is 5.64. The molecule has 0 aromatic carbocycles. The highest BCUT2D eigenvalue weighted by atomic mass is 19.3. The summed E-state index contributed by atoms with van der Waals surface area (Å²) in [4.78, 5) is 27.8. The smallest absolute Gasteiger partial charge is 0.280 e. The predicted octanol–water partition coefficient (Wildman–Crippen LogP) is 2.39. The Balaban J connectivity index is 1.72. The van der Waals surface area contributed by atoms with Crippen LogP contribution in [0.1, 0.15) is 12.1 Å². The molecule has 1 N–H and O–H groups in total. The molecular formula is C17H18F2N6O. The molecule has 0 atom stereocenters. The number of pyridine rings is 1. The molecule has 0 saturated carbocycles. The Morgan fingerprint density at radius 1 is 1.15 bits per heavy atom. The molecule has 0 spiro atoms. The van der Waals surface area contributed by atoms with Crippen molar-refractivity contribution in [2.24, 2.45) is 0 Å². The molecule has 26 heavy (non-hydrogen) atoms. The Hall–Kier alpha value is -3.10. The van der Waals surface area contributed by atoms with E-state index in [9.17, 15) is 13.6 Å². The quantitative estimate of drug-likeness (QED) is 0.826. The fourth-order valence-electron chi connectivity index (χ4n) is 2.66. The van der Waals surface area contributed by atoms with E-state index in [-0.39, 0.29) is 11.6 Å². The highest BCUT2D eigenvalue weighted by Gasteiger charge is 2.22. The molecule has 1 aliphatic rings. The molecule has 136 valence electrons. The monoisotopic (exact) mass is 360 g/mol. The summed E-state index contributed by atoms with van der Waals surface area (Å²) in [6, 6.07) is 2.79. The third-order valence-corrected chi connectivity index (χ3v) is 4.02. The van der Waals surface area contributed by atoms with Gasteiger partial charge in [0.15, 0.2) is 11.6 Å². The molecule has 3 heterocycles. The Morgan fingerprint density at radius 2 is 1.88 bits per heavy atom. The number of amides is 1. The van der Waals surface area contributed by atoms with Gasteiger partial charge in [-0.1, -0.05) is 6.58 Å². The van der Waals surface area contributed by atoms with Gasteiger partial charge in [-0.15, -0.1) is 0 Å². The minimum absolute atomic E-state index is 0.0904. The highest BCUT2D eigenvalue weighted by Crippen LogP contribution is 2.25. The summed E-state index contributed by atoms with van der Waals surface area (Å²) in [5.41, 5.74) is 0.259. The SMILES string of the molecule is C=CC(=O)N1CCN(c2nccnc2Nc2ccc(C(F)F)nc2)CC1. The van der Waals surface area contributed by atoms with E-state index in [2.05, 4.69) is 26.8 Å². The first-order valence-electron chi connectivity index (χ1n) is 8.07. The number of nitrogens with zero attached hydrogens (tertiary/aromatic N) is 5. The van der Waals surface area contributed by atoms with Gasteiger partial charge < -0.3 is 15.1 Å². The molecule has 1 aliphatic heterocycles. The van der Waals surface area contributed by atoms with Gasteiger partial charge in [0.05, 0.1) is 11.9 Å². The van der Waals surface area contributed by atoms with Crippen LogP contribution in [0.5, 0.6) is 0 Å². The first kappa shape index (κ1) is 17.7. The van der Waals surface area contributed by atoms with Crippen LogP contribution in [0.4, 0.5) is 26.1 Å². The minimum Gasteiger partial charge on any atom is -0.350 e. The van der Waals surface area contributed by atoms with Crippen molar-refractivity contribution < 1.29 is 13.6 Å². The van der Waals surface area contributed by atoms with Crippen molar-refractivity contribution in [2.75, 3.05) is 36.4 Å². The van der Waals surface area contributed by atoms with E-state index in [0.717, 1.165) is 0 Å². The van der Waals surface area contributed by atoms with Crippen molar-refractivity contribution in [1.82, 2.24) is 19.9 Å². The lowest BCUT2D eigenvalue weighted by Crippen LogP contribution is -2.48. The second kappa shape index (κ2) is 7.85. The average molecular weight is 360 g/mol. The van der Waals surface area contributed by atoms with Gasteiger partial charge in [-0.2, -0.15) is 0 Å². The number of rotatable bonds is 5. The second-order valence-electron chi connectivity index (χ2n) is 5.64. The molecule has 1 saturated heterocycles. The Labute approximate surface area is 149 Å². The van der Waals surface area contributed by atoms with Gasteiger partial charge in [0.25, 0.3) is 6.43 Å². The molecule has 2 aromatic heterocycles. The summed E-state index contributed by atoms with van der Waals surface area (Å²) in [6.45, 7) is 5.84. The number of nitrogens with one attached hydrogen (secondary N) is 1. The topological polar surface area (TPSA) is 74.2 Å². The summed E-state index contributed by atoms with van der Waals surface area (Å²) < 4.78 is 25.2. The van der Waals surface area contributed by atoms with Crippen molar-refractivity contribution in [3.05, 3.63) is 49.1 Å². The maximum atomic E-state index is 12.6. The number of hydrogen-bond acceptors (Lipinski definition) is 6. The predicted molar refractivity (Wildman–Crippen MR) is 93.5 cm³/mol. The zero-order chi connectivity index (χ0) is 18.5. The third kappa shape index (κ3) is 3.93. The molecule has 0 unspecified atom stereocenters. The average Bonchev–Trinajstić information content (AvgIpc) is 2.68. The minimum atomic E-state index is -2.61. The number of carbonyl (C=O) groups is 1. The summed E-state index contributed by atoms with van der Waals surface area (Å²) >= 11 is 0. The van der Waals surface area contributed by atoms with E-state index in [1.807, 2.05) is 4.90 Å². The summed E-state index contributed by atoms with van der Waals surface area (Å²) in [6.07, 6.45) is 3.16. The van der Waals surface area contributed by atoms with Crippen LogP contribution in [0, 0.1) is 0 Å². The van der Waals surface area contributed by atoms with Crippen LogP contribution in [-0.2, 0) is 4.79 Å². The first-order chi connectivity index (χ1) is 12.6. The standard InChI is InChI=1S/C17H18F2N6O/c1-2-14(26)24-7-9-25(10-8-24)17-16(20-5-6-21-17)23-12-3-4-13(15(18)19)22-11-12/h2-6,11,15H,1,7-10H2,(H,20,23). The van der Waals surface area contributed by atoms with Crippen molar-refractivity contribution in [3.8, 4) is 0 Å². The van der Waals surface area contributed by atoms with Crippen LogP contribution >= 0.6 is 0 Å². The van der Waals surface area contributed by atoms with E-state index in [1.54, 1.807) is 17.3 Å². The van der Waals surface area contributed by atoms with E-state index in [1.165, 1.54) is 24.4 Å². The molecule has 9 heteroatoms. The summed E-state index contributed by atoms with van der Waals surface area (Å²) in [7, 11) is 0. The van der Waals surface area contributed by atoms with Crippen LogP contribution < -0.4 is 10.2 Å². The summed E-state index contributed by atoms with van der Waals surface area (Å²) in [5, 5.41) is 3.06. The van der Waals surface area contributed by atoms with Crippen LogP contribution in [0.25, 0.3) is 0 Å². The van der Waals surface area contributed by atoms with Crippen molar-refractivity contribution in [3.63, 3.8) is 0 Å². The molecule has 0 aliphatic carbocycles. The van der Waals surface area contributed by atoms with Gasteiger partial charge in [-0.05, 0) is 18.2 Å². The Morgan fingerprint density at radius 3 is 2.50 bits per heavy atom. The van der Waals surface area contributed by atoms with Crippen molar-refractivity contribution in [2.45, 2.75) is 6.43 Å². The maximum absolute atomic E-state index is 12.6. The van der Waals surface area contributed by atoms with E-state index in [4.69, 9.17) is 0 Å². The van der Waals surface area contributed by atoms with Gasteiger partial charge in [0, 0.05) is 38.6 Å². The molecule has 3 rings (SSSR count). The molecule has 1 amide bonds. The van der Waals surface area contributed by atoms with Crippen LogP contribution in [0.15, 0.2) is 43.4 Å². The fraction of sp³-hybridized carbons (Fsp3) is 0.294. The summed E-state index contributed by atoms with van der Waals surface area (Å²) in [5.74, 6) is 1.05. The largest absolute Gasteiger partial charge is 0.350 e.